The van der Waals surface area contributed by atoms with E-state index >= 15 is 0 Å². The van der Waals surface area contributed by atoms with Crippen molar-refractivity contribution in [3.05, 3.63) is 46.3 Å². The molecule has 7 heteroatoms. The smallest absolute Gasteiger partial charge is 0.190 e. The lowest BCUT2D eigenvalue weighted by molar-refractivity contribution is -0.920. The highest BCUT2D eigenvalue weighted by atomic mass is 35.5. The number of nitrogens with zero attached hydrogens (tertiary/aromatic N) is 3. The van der Waals surface area contributed by atoms with Crippen LogP contribution in [0.5, 0.6) is 0 Å². The standard InChI is InChI=1S/C21H19ClFN5/c1-12(2)28-7-6-13-14(8-24)20(27)21(10-25,11-26)19(15(13)9-28)18-16(22)4-3-5-17(18)23/h3-6,12,14-15,19,27H,7,9H2,1-2H3/p+1/t14?,15-,19-/m1/s1. The third-order valence-electron chi connectivity index (χ3n) is 6.03. The summed E-state index contributed by atoms with van der Waals surface area (Å²) >= 11 is 6.33. The predicted octanol–water partition coefficient (Wildman–Crippen LogP) is 2.62. The topological polar surface area (TPSA) is 99.7 Å². The molecule has 1 aliphatic carbocycles. The Morgan fingerprint density at radius 2 is 1.96 bits per heavy atom. The molecule has 1 heterocycles. The first-order valence-electron chi connectivity index (χ1n) is 9.11. The van der Waals surface area contributed by atoms with Gasteiger partial charge in [0.1, 0.15) is 11.7 Å². The normalized spacial score (nSPS) is 28.5. The fourth-order valence-electron chi connectivity index (χ4n) is 4.51. The molecule has 0 radical (unpaired) electrons. The van der Waals surface area contributed by atoms with Crippen LogP contribution in [0.15, 0.2) is 29.8 Å². The van der Waals surface area contributed by atoms with Crippen molar-refractivity contribution >= 4 is 17.3 Å². The summed E-state index contributed by atoms with van der Waals surface area (Å²) in [6, 6.07) is 10.5. The van der Waals surface area contributed by atoms with Crippen LogP contribution in [0.4, 0.5) is 4.39 Å². The molecule has 28 heavy (non-hydrogen) atoms. The molecule has 0 aromatic heterocycles. The van der Waals surface area contributed by atoms with Gasteiger partial charge in [0.2, 0.25) is 0 Å². The van der Waals surface area contributed by atoms with Crippen LogP contribution in [0.2, 0.25) is 5.02 Å². The van der Waals surface area contributed by atoms with Crippen molar-refractivity contribution in [3.63, 3.8) is 0 Å². The van der Waals surface area contributed by atoms with E-state index < -0.39 is 29.0 Å². The summed E-state index contributed by atoms with van der Waals surface area (Å²) in [6.45, 7) is 5.34. The van der Waals surface area contributed by atoms with E-state index in [1.807, 2.05) is 18.2 Å². The van der Waals surface area contributed by atoms with Gasteiger partial charge in [-0.05, 0) is 37.6 Å². The van der Waals surface area contributed by atoms with Crippen LogP contribution in [0.1, 0.15) is 25.3 Å². The highest BCUT2D eigenvalue weighted by Gasteiger charge is 2.59. The number of halogens is 2. The molecule has 1 saturated carbocycles. The van der Waals surface area contributed by atoms with Gasteiger partial charge >= 0.3 is 0 Å². The van der Waals surface area contributed by atoms with E-state index in [0.717, 1.165) is 0 Å². The Labute approximate surface area is 168 Å². The lowest BCUT2D eigenvalue weighted by atomic mass is 9.54. The van der Waals surface area contributed by atoms with E-state index in [4.69, 9.17) is 17.0 Å². The molecule has 142 valence electrons. The number of benzene rings is 1. The van der Waals surface area contributed by atoms with Gasteiger partial charge in [0.15, 0.2) is 5.41 Å². The average Bonchev–Trinajstić information content (AvgIpc) is 2.68. The van der Waals surface area contributed by atoms with Gasteiger partial charge < -0.3 is 10.3 Å². The van der Waals surface area contributed by atoms with Crippen molar-refractivity contribution in [1.82, 2.24) is 0 Å². The first kappa shape index (κ1) is 20.0. The SMILES string of the molecule is CC(C)[NH+]1CC=C2C(C#N)C(=N)C(C#N)(C#N)[C@@H](c3c(F)cccc3Cl)[C@@H]2C1. The Bertz CT molecular complexity index is 944. The van der Waals surface area contributed by atoms with Crippen molar-refractivity contribution in [2.75, 3.05) is 13.1 Å². The van der Waals surface area contributed by atoms with Gasteiger partial charge in [-0.1, -0.05) is 17.7 Å². The number of nitrogens with one attached hydrogen (secondary N) is 2. The molecule has 5 nitrogen and oxygen atoms in total. The zero-order chi connectivity index (χ0) is 20.6. The Morgan fingerprint density at radius 3 is 2.50 bits per heavy atom. The van der Waals surface area contributed by atoms with Crippen molar-refractivity contribution in [1.29, 1.82) is 21.2 Å². The van der Waals surface area contributed by atoms with Crippen molar-refractivity contribution in [2.45, 2.75) is 25.8 Å². The number of hydrogen-bond acceptors (Lipinski definition) is 4. The van der Waals surface area contributed by atoms with Gasteiger partial charge in [0.05, 0.1) is 43.1 Å². The van der Waals surface area contributed by atoms with Gasteiger partial charge in [-0.25, -0.2) is 4.39 Å². The first-order chi connectivity index (χ1) is 13.3. The maximum absolute atomic E-state index is 14.9. The Balaban J connectivity index is 2.32. The van der Waals surface area contributed by atoms with Crippen LogP contribution >= 0.6 is 11.6 Å². The summed E-state index contributed by atoms with van der Waals surface area (Å²) in [5.41, 5.74) is -1.47. The van der Waals surface area contributed by atoms with Crippen LogP contribution in [0.25, 0.3) is 0 Å². The summed E-state index contributed by atoms with van der Waals surface area (Å²) in [5, 5.41) is 38.4. The van der Waals surface area contributed by atoms with Crippen LogP contribution in [-0.4, -0.2) is 24.8 Å². The Kier molecular flexibility index (Phi) is 5.26. The quantitative estimate of drug-likeness (QED) is 0.751. The minimum atomic E-state index is -1.95. The van der Waals surface area contributed by atoms with Crippen molar-refractivity contribution in [3.8, 4) is 18.2 Å². The minimum absolute atomic E-state index is 0.0781. The van der Waals surface area contributed by atoms with Crippen LogP contribution in [0.3, 0.4) is 0 Å². The summed E-state index contributed by atoms with van der Waals surface area (Å²) in [4.78, 5) is 1.21. The monoisotopic (exact) mass is 396 g/mol. The minimum Gasteiger partial charge on any atom is -0.329 e. The maximum Gasteiger partial charge on any atom is 0.190 e. The predicted molar refractivity (Wildman–Crippen MR) is 102 cm³/mol. The van der Waals surface area contributed by atoms with Gasteiger partial charge in [0, 0.05) is 22.4 Å². The van der Waals surface area contributed by atoms with Gasteiger partial charge in [-0.3, -0.25) is 0 Å². The molecule has 0 saturated heterocycles. The second kappa shape index (κ2) is 7.36. The molecule has 0 spiro atoms. The number of fused-ring (bicyclic) bond motifs is 1. The van der Waals surface area contributed by atoms with Crippen molar-refractivity contribution in [2.24, 2.45) is 17.3 Å². The van der Waals surface area contributed by atoms with E-state index in [2.05, 4.69) is 19.9 Å². The fraction of sp³-hybridized carbons (Fsp3) is 0.429. The molecule has 4 atom stereocenters. The molecule has 2 unspecified atom stereocenters. The van der Waals surface area contributed by atoms with Gasteiger partial charge in [-0.15, -0.1) is 0 Å². The van der Waals surface area contributed by atoms with E-state index in [1.165, 1.54) is 23.1 Å². The van der Waals surface area contributed by atoms with Crippen molar-refractivity contribution < 1.29 is 9.29 Å². The summed E-state index contributed by atoms with van der Waals surface area (Å²) in [5.74, 6) is -2.95. The third kappa shape index (κ3) is 2.80. The lowest BCUT2D eigenvalue weighted by Crippen LogP contribution is -3.16. The molecule has 1 fully saturated rings. The zero-order valence-electron chi connectivity index (χ0n) is 15.6. The highest BCUT2D eigenvalue weighted by Crippen LogP contribution is 2.54. The maximum atomic E-state index is 14.9. The lowest BCUT2D eigenvalue weighted by Gasteiger charge is -2.47. The molecule has 1 aliphatic heterocycles. The van der Waals surface area contributed by atoms with E-state index in [9.17, 15) is 20.2 Å². The fourth-order valence-corrected chi connectivity index (χ4v) is 4.79. The summed E-state index contributed by atoms with van der Waals surface area (Å²) in [6.07, 6.45) is 1.92. The molecule has 3 rings (SSSR count). The average molecular weight is 397 g/mol. The number of quaternary nitrogens is 1. The van der Waals surface area contributed by atoms with Gasteiger partial charge in [0.25, 0.3) is 0 Å². The second-order valence-corrected chi connectivity index (χ2v) is 8.06. The molecule has 2 N–H and O–H groups in total. The van der Waals surface area contributed by atoms with Crippen LogP contribution in [-0.2, 0) is 0 Å². The zero-order valence-corrected chi connectivity index (χ0v) is 16.4. The molecular formula is C21H20ClFN5+. The first-order valence-corrected chi connectivity index (χ1v) is 9.49. The Hall–Kier alpha value is -2.72. The van der Waals surface area contributed by atoms with E-state index in [0.29, 0.717) is 18.7 Å². The summed E-state index contributed by atoms with van der Waals surface area (Å²) < 4.78 is 14.9. The third-order valence-corrected chi connectivity index (χ3v) is 6.36. The molecule has 2 aliphatic rings. The largest absolute Gasteiger partial charge is 0.329 e. The molecular weight excluding hydrogens is 377 g/mol. The van der Waals surface area contributed by atoms with E-state index in [1.54, 1.807) is 0 Å². The number of rotatable bonds is 2. The molecule has 1 aromatic carbocycles. The highest BCUT2D eigenvalue weighted by molar-refractivity contribution is 6.31. The second-order valence-electron chi connectivity index (χ2n) is 7.65. The number of hydrogen-bond donors (Lipinski definition) is 2. The molecule has 0 amide bonds. The molecule has 0 bridgehead atoms. The van der Waals surface area contributed by atoms with Crippen LogP contribution in [0, 0.1) is 62.5 Å². The van der Waals surface area contributed by atoms with E-state index in [-0.39, 0.29) is 22.3 Å². The van der Waals surface area contributed by atoms with Gasteiger partial charge in [-0.2, -0.15) is 15.8 Å². The Morgan fingerprint density at radius 1 is 1.29 bits per heavy atom. The summed E-state index contributed by atoms with van der Waals surface area (Å²) in [7, 11) is 0. The molecule has 1 aromatic rings. The number of nitriles is 3. The van der Waals surface area contributed by atoms with Crippen LogP contribution < -0.4 is 4.90 Å².